The number of carbonyl (C=O) groups is 1. The Morgan fingerprint density at radius 2 is 1.83 bits per heavy atom. The largest absolute Gasteiger partial charge is 0.475 e. The molecule has 4 nitrogen and oxygen atoms in total. The van der Waals surface area contributed by atoms with E-state index in [0.29, 0.717) is 18.8 Å². The minimum atomic E-state index is -0.666. The average Bonchev–Trinajstić information content (AvgIpc) is 3.01. The highest BCUT2D eigenvalue weighted by molar-refractivity contribution is 9.10. The van der Waals surface area contributed by atoms with Crippen LogP contribution in [0.4, 0.5) is 0 Å². The third-order valence-corrected chi connectivity index (χ3v) is 4.60. The van der Waals surface area contributed by atoms with Gasteiger partial charge in [-0.25, -0.2) is 0 Å². The second-order valence-corrected chi connectivity index (χ2v) is 6.53. The van der Waals surface area contributed by atoms with Gasteiger partial charge in [-0.05, 0) is 34.5 Å². The van der Waals surface area contributed by atoms with Gasteiger partial charge in [0.15, 0.2) is 0 Å². The van der Waals surface area contributed by atoms with Crippen molar-refractivity contribution in [2.24, 2.45) is 5.73 Å². The van der Waals surface area contributed by atoms with Crippen molar-refractivity contribution >= 4 is 34.2 Å². The second kappa shape index (κ2) is 8.51. The van der Waals surface area contributed by atoms with Gasteiger partial charge in [-0.15, -0.1) is 12.4 Å². The standard InChI is InChI=1S/C18H19BrN2O2.ClH/c19-15-8-4-5-9-16(15)23-17(13-6-2-1-3-7-13)18(22)21-11-10-14(20)12-21;/h1-9,14,17H,10-12,20H2;1H/t14-,17?;/m1./s1. The van der Waals surface area contributed by atoms with Gasteiger partial charge in [0.25, 0.3) is 5.91 Å². The highest BCUT2D eigenvalue weighted by atomic mass is 79.9. The molecule has 0 bridgehead atoms. The zero-order valence-corrected chi connectivity index (χ0v) is 15.5. The Labute approximate surface area is 156 Å². The van der Waals surface area contributed by atoms with Crippen LogP contribution in [0.25, 0.3) is 0 Å². The van der Waals surface area contributed by atoms with E-state index in [-0.39, 0.29) is 24.4 Å². The molecule has 2 aromatic carbocycles. The Bertz CT molecular complexity index is 684. The van der Waals surface area contributed by atoms with Crippen LogP contribution in [-0.4, -0.2) is 29.9 Å². The zero-order chi connectivity index (χ0) is 16.2. The molecule has 0 aromatic heterocycles. The molecule has 2 aromatic rings. The summed E-state index contributed by atoms with van der Waals surface area (Å²) in [6.07, 6.45) is 0.169. The van der Waals surface area contributed by atoms with Crippen LogP contribution in [0.3, 0.4) is 0 Å². The summed E-state index contributed by atoms with van der Waals surface area (Å²) in [5.74, 6) is 0.609. The van der Waals surface area contributed by atoms with Crippen molar-refractivity contribution in [2.75, 3.05) is 13.1 Å². The normalized spacial score (nSPS) is 17.9. The first-order valence-corrected chi connectivity index (χ1v) is 8.45. The first kappa shape index (κ1) is 18.8. The molecule has 2 atom stereocenters. The molecule has 1 heterocycles. The molecule has 1 saturated heterocycles. The van der Waals surface area contributed by atoms with Gasteiger partial charge in [0.1, 0.15) is 5.75 Å². The number of amides is 1. The van der Waals surface area contributed by atoms with Gasteiger partial charge in [0, 0.05) is 24.7 Å². The number of hydrogen-bond donors (Lipinski definition) is 1. The van der Waals surface area contributed by atoms with E-state index in [1.165, 1.54) is 0 Å². The van der Waals surface area contributed by atoms with Crippen LogP contribution < -0.4 is 10.5 Å². The first-order valence-electron chi connectivity index (χ1n) is 7.65. The van der Waals surface area contributed by atoms with Crippen molar-refractivity contribution in [1.29, 1.82) is 0 Å². The number of rotatable bonds is 4. The minimum Gasteiger partial charge on any atom is -0.475 e. The van der Waals surface area contributed by atoms with Crippen LogP contribution in [-0.2, 0) is 4.79 Å². The number of nitrogens with two attached hydrogens (primary N) is 1. The van der Waals surface area contributed by atoms with Crippen molar-refractivity contribution in [3.63, 3.8) is 0 Å². The molecule has 128 valence electrons. The molecule has 0 saturated carbocycles. The van der Waals surface area contributed by atoms with Crippen molar-refractivity contribution in [2.45, 2.75) is 18.6 Å². The molecule has 3 rings (SSSR count). The third kappa shape index (κ3) is 4.29. The summed E-state index contributed by atoms with van der Waals surface area (Å²) in [6, 6.07) is 17.2. The highest BCUT2D eigenvalue weighted by Gasteiger charge is 2.32. The van der Waals surface area contributed by atoms with E-state index in [2.05, 4.69) is 15.9 Å². The lowest BCUT2D eigenvalue weighted by Gasteiger charge is -2.25. The SMILES string of the molecule is Cl.N[C@@H]1CCN(C(=O)C(Oc2ccccc2Br)c2ccccc2)C1. The predicted octanol–water partition coefficient (Wildman–Crippen LogP) is 3.55. The molecule has 2 N–H and O–H groups in total. The molecular formula is C18H20BrClN2O2. The number of benzene rings is 2. The fourth-order valence-electron chi connectivity index (χ4n) is 2.71. The van der Waals surface area contributed by atoms with Gasteiger partial charge >= 0.3 is 0 Å². The first-order chi connectivity index (χ1) is 11.1. The van der Waals surface area contributed by atoms with Crippen LogP contribution in [0, 0.1) is 0 Å². The summed E-state index contributed by atoms with van der Waals surface area (Å²) < 4.78 is 6.89. The second-order valence-electron chi connectivity index (χ2n) is 5.67. The van der Waals surface area contributed by atoms with Crippen LogP contribution in [0.2, 0.25) is 0 Å². The van der Waals surface area contributed by atoms with Crippen molar-refractivity contribution in [3.8, 4) is 5.75 Å². The Morgan fingerprint density at radius 1 is 1.17 bits per heavy atom. The molecule has 0 spiro atoms. The molecule has 0 aliphatic carbocycles. The number of hydrogen-bond acceptors (Lipinski definition) is 3. The molecule has 1 amide bonds. The van der Waals surface area contributed by atoms with E-state index in [1.807, 2.05) is 54.6 Å². The molecule has 0 radical (unpaired) electrons. The number of halogens is 2. The van der Waals surface area contributed by atoms with E-state index in [0.717, 1.165) is 16.5 Å². The third-order valence-electron chi connectivity index (χ3n) is 3.94. The summed E-state index contributed by atoms with van der Waals surface area (Å²) >= 11 is 3.47. The average molecular weight is 412 g/mol. The molecule has 6 heteroatoms. The summed E-state index contributed by atoms with van der Waals surface area (Å²) in [6.45, 7) is 1.27. The van der Waals surface area contributed by atoms with Gasteiger partial charge in [0.2, 0.25) is 6.10 Å². The monoisotopic (exact) mass is 410 g/mol. The van der Waals surface area contributed by atoms with E-state index in [4.69, 9.17) is 10.5 Å². The molecule has 1 aliphatic heterocycles. The summed E-state index contributed by atoms with van der Waals surface area (Å²) in [5.41, 5.74) is 6.78. The van der Waals surface area contributed by atoms with Gasteiger partial charge in [-0.2, -0.15) is 0 Å². The maximum atomic E-state index is 12.9. The predicted molar refractivity (Wildman–Crippen MR) is 100 cm³/mol. The van der Waals surface area contributed by atoms with Crippen molar-refractivity contribution in [3.05, 3.63) is 64.6 Å². The smallest absolute Gasteiger partial charge is 0.268 e. The van der Waals surface area contributed by atoms with Crippen molar-refractivity contribution in [1.82, 2.24) is 4.90 Å². The quantitative estimate of drug-likeness (QED) is 0.837. The highest BCUT2D eigenvalue weighted by Crippen LogP contribution is 2.30. The van der Waals surface area contributed by atoms with E-state index in [9.17, 15) is 4.79 Å². The van der Waals surface area contributed by atoms with Crippen molar-refractivity contribution < 1.29 is 9.53 Å². The molecule has 1 unspecified atom stereocenters. The fraction of sp³-hybridized carbons (Fsp3) is 0.278. The minimum absolute atomic E-state index is 0. The lowest BCUT2D eigenvalue weighted by molar-refractivity contribution is -0.138. The Hall–Kier alpha value is -1.56. The van der Waals surface area contributed by atoms with Gasteiger partial charge in [-0.3, -0.25) is 4.79 Å². The van der Waals surface area contributed by atoms with E-state index >= 15 is 0 Å². The Morgan fingerprint density at radius 3 is 2.46 bits per heavy atom. The summed E-state index contributed by atoms with van der Waals surface area (Å²) in [7, 11) is 0. The van der Waals surface area contributed by atoms with E-state index < -0.39 is 6.10 Å². The maximum absolute atomic E-state index is 12.9. The molecular weight excluding hydrogens is 392 g/mol. The van der Waals surface area contributed by atoms with Crippen LogP contribution in [0.1, 0.15) is 18.1 Å². The van der Waals surface area contributed by atoms with Crippen LogP contribution in [0.15, 0.2) is 59.1 Å². The number of para-hydroxylation sites is 1. The number of likely N-dealkylation sites (tertiary alicyclic amines) is 1. The Kier molecular flexibility index (Phi) is 6.66. The molecule has 24 heavy (non-hydrogen) atoms. The Balaban J connectivity index is 0.00000208. The van der Waals surface area contributed by atoms with Crippen LogP contribution >= 0.6 is 28.3 Å². The van der Waals surface area contributed by atoms with Gasteiger partial charge in [-0.1, -0.05) is 42.5 Å². The number of nitrogens with zero attached hydrogens (tertiary/aromatic N) is 1. The summed E-state index contributed by atoms with van der Waals surface area (Å²) in [5, 5.41) is 0. The van der Waals surface area contributed by atoms with Gasteiger partial charge in [0.05, 0.1) is 4.47 Å². The topological polar surface area (TPSA) is 55.6 Å². The summed E-state index contributed by atoms with van der Waals surface area (Å²) in [4.78, 5) is 14.7. The van der Waals surface area contributed by atoms with Gasteiger partial charge < -0.3 is 15.4 Å². The maximum Gasteiger partial charge on any atom is 0.268 e. The fourth-order valence-corrected chi connectivity index (χ4v) is 3.09. The number of carbonyl (C=O) groups excluding carboxylic acids is 1. The number of ether oxygens (including phenoxy) is 1. The lowest BCUT2D eigenvalue weighted by atomic mass is 10.1. The molecule has 1 fully saturated rings. The van der Waals surface area contributed by atoms with Crippen LogP contribution in [0.5, 0.6) is 5.75 Å². The zero-order valence-electron chi connectivity index (χ0n) is 13.1. The lowest BCUT2D eigenvalue weighted by Crippen LogP contribution is -2.37. The molecule has 1 aliphatic rings. The van der Waals surface area contributed by atoms with E-state index in [1.54, 1.807) is 4.90 Å².